The minimum Gasteiger partial charge on any atom is -0.393 e. The van der Waals surface area contributed by atoms with Crippen molar-refractivity contribution >= 4 is 0 Å². The molecule has 2 aliphatic rings. The summed E-state index contributed by atoms with van der Waals surface area (Å²) in [4.78, 5) is 0. The van der Waals surface area contributed by atoms with Crippen LogP contribution in [0.5, 0.6) is 0 Å². The van der Waals surface area contributed by atoms with Crippen molar-refractivity contribution in [2.24, 2.45) is 23.2 Å². The normalized spacial score (nSPS) is 31.3. The van der Waals surface area contributed by atoms with Crippen molar-refractivity contribution in [2.75, 3.05) is 0 Å². The van der Waals surface area contributed by atoms with E-state index in [1.54, 1.807) is 0 Å². The predicted molar refractivity (Wildman–Crippen MR) is 125 cm³/mol. The second-order valence-corrected chi connectivity index (χ2v) is 10.9. The van der Waals surface area contributed by atoms with Gasteiger partial charge in [-0.1, -0.05) is 85.0 Å². The number of hydrogen-bond donors (Lipinski definition) is 2. The van der Waals surface area contributed by atoms with Crippen molar-refractivity contribution in [3.8, 4) is 0 Å². The molecular weight excluding hydrogens is 356 g/mol. The summed E-state index contributed by atoms with van der Waals surface area (Å²) in [6.45, 7) is 7.41. The lowest BCUT2D eigenvalue weighted by molar-refractivity contribution is -0.0456. The van der Waals surface area contributed by atoms with Gasteiger partial charge in [0.2, 0.25) is 0 Å². The fourth-order valence-corrected chi connectivity index (χ4v) is 6.61. The molecule has 2 fully saturated rings. The maximum Gasteiger partial charge on any atom is 0.0540 e. The van der Waals surface area contributed by atoms with Gasteiger partial charge in [-0.3, -0.25) is 0 Å². The molecule has 1 atom stereocenters. The van der Waals surface area contributed by atoms with Gasteiger partial charge < -0.3 is 10.2 Å². The molecule has 0 aromatic carbocycles. The maximum atomic E-state index is 10.0. The Labute approximate surface area is 182 Å². The Kier molecular flexibility index (Phi) is 11.6. The minimum absolute atomic E-state index is 0.0590. The van der Waals surface area contributed by atoms with Gasteiger partial charge in [0.05, 0.1) is 12.2 Å². The van der Waals surface area contributed by atoms with E-state index in [0.29, 0.717) is 5.41 Å². The van der Waals surface area contributed by atoms with Gasteiger partial charge in [0, 0.05) is 0 Å². The summed E-state index contributed by atoms with van der Waals surface area (Å²) < 4.78 is 0. The van der Waals surface area contributed by atoms with E-state index in [-0.39, 0.29) is 12.2 Å². The molecule has 0 heterocycles. The smallest absolute Gasteiger partial charge is 0.0540 e. The molecule has 0 saturated heterocycles. The Morgan fingerprint density at radius 1 is 0.655 bits per heavy atom. The van der Waals surface area contributed by atoms with Crippen LogP contribution in [0.2, 0.25) is 0 Å². The van der Waals surface area contributed by atoms with E-state index < -0.39 is 0 Å². The van der Waals surface area contributed by atoms with Crippen LogP contribution >= 0.6 is 0 Å². The standard InChI is InChI=1S/C27H52O2/c1-4-5-6-7-8-9-10-11-12-13-22(2)27(3,23-14-18-25(28)19-15-23)24-16-20-26(29)21-17-24/h22-26,28-29H,4-21H2,1-3H3. The Morgan fingerprint density at radius 2 is 1.03 bits per heavy atom. The van der Waals surface area contributed by atoms with Crippen LogP contribution in [-0.2, 0) is 0 Å². The first kappa shape index (κ1) is 25.2. The average molecular weight is 409 g/mol. The summed E-state index contributed by atoms with van der Waals surface area (Å²) in [5, 5.41) is 20.1. The van der Waals surface area contributed by atoms with Crippen LogP contribution in [0.4, 0.5) is 0 Å². The number of aliphatic hydroxyl groups excluding tert-OH is 2. The summed E-state index contributed by atoms with van der Waals surface area (Å²) in [5.41, 5.74) is 0.389. The number of rotatable bonds is 13. The van der Waals surface area contributed by atoms with Gasteiger partial charge in [-0.2, -0.15) is 0 Å². The zero-order valence-electron chi connectivity index (χ0n) is 20.0. The second kappa shape index (κ2) is 13.4. The van der Waals surface area contributed by atoms with Crippen LogP contribution < -0.4 is 0 Å². The highest BCUT2D eigenvalue weighted by Crippen LogP contribution is 2.54. The summed E-state index contributed by atoms with van der Waals surface area (Å²) in [7, 11) is 0. The van der Waals surface area contributed by atoms with Crippen LogP contribution in [0.1, 0.15) is 136 Å². The van der Waals surface area contributed by atoms with E-state index in [4.69, 9.17) is 0 Å². The Bertz CT molecular complexity index is 383. The molecule has 2 aliphatic carbocycles. The van der Waals surface area contributed by atoms with E-state index in [9.17, 15) is 10.2 Å². The van der Waals surface area contributed by atoms with Crippen molar-refractivity contribution in [3.05, 3.63) is 0 Å². The average Bonchev–Trinajstić information content (AvgIpc) is 2.73. The predicted octanol–water partition coefficient (Wildman–Crippen LogP) is 7.65. The van der Waals surface area contributed by atoms with Crippen LogP contribution in [0, 0.1) is 23.2 Å². The first-order chi connectivity index (χ1) is 14.0. The van der Waals surface area contributed by atoms with Crippen molar-refractivity contribution in [2.45, 2.75) is 149 Å². The molecule has 29 heavy (non-hydrogen) atoms. The highest BCUT2D eigenvalue weighted by Gasteiger charge is 2.46. The monoisotopic (exact) mass is 408 g/mol. The van der Waals surface area contributed by atoms with Crippen molar-refractivity contribution in [3.63, 3.8) is 0 Å². The van der Waals surface area contributed by atoms with Crippen molar-refractivity contribution in [1.29, 1.82) is 0 Å². The van der Waals surface area contributed by atoms with Gasteiger partial charge in [-0.05, 0) is 74.5 Å². The Balaban J connectivity index is 1.81. The molecule has 172 valence electrons. The molecule has 2 N–H and O–H groups in total. The third-order valence-electron chi connectivity index (χ3n) is 8.96. The molecule has 0 amide bonds. The molecule has 0 radical (unpaired) electrons. The summed E-state index contributed by atoms with van der Waals surface area (Å²) >= 11 is 0. The lowest BCUT2D eigenvalue weighted by Gasteiger charge is -2.52. The van der Waals surface area contributed by atoms with Crippen LogP contribution in [0.25, 0.3) is 0 Å². The van der Waals surface area contributed by atoms with Gasteiger partial charge >= 0.3 is 0 Å². The molecule has 0 aliphatic heterocycles. The summed E-state index contributed by atoms with van der Waals surface area (Å²) in [6, 6.07) is 0. The third-order valence-corrected chi connectivity index (χ3v) is 8.96. The molecule has 1 unspecified atom stereocenters. The van der Waals surface area contributed by atoms with Gasteiger partial charge in [0.25, 0.3) is 0 Å². The third kappa shape index (κ3) is 7.84. The molecule has 2 saturated carbocycles. The van der Waals surface area contributed by atoms with Crippen molar-refractivity contribution in [1.82, 2.24) is 0 Å². The highest BCUT2D eigenvalue weighted by atomic mass is 16.3. The quantitative estimate of drug-likeness (QED) is 0.307. The second-order valence-electron chi connectivity index (χ2n) is 10.9. The summed E-state index contributed by atoms with van der Waals surface area (Å²) in [5.74, 6) is 2.28. The van der Waals surface area contributed by atoms with E-state index in [1.807, 2.05) is 0 Å². The Hall–Kier alpha value is -0.0800. The largest absolute Gasteiger partial charge is 0.393 e. The molecule has 2 rings (SSSR count). The fourth-order valence-electron chi connectivity index (χ4n) is 6.61. The number of unbranched alkanes of at least 4 members (excludes halogenated alkanes) is 8. The van der Waals surface area contributed by atoms with E-state index >= 15 is 0 Å². The number of aliphatic hydroxyl groups is 2. The first-order valence-electron chi connectivity index (χ1n) is 13.3. The number of hydrogen-bond acceptors (Lipinski definition) is 2. The van der Waals surface area contributed by atoms with Crippen molar-refractivity contribution < 1.29 is 10.2 Å². The highest BCUT2D eigenvalue weighted by molar-refractivity contribution is 4.96. The van der Waals surface area contributed by atoms with Gasteiger partial charge in [-0.15, -0.1) is 0 Å². The lowest BCUT2D eigenvalue weighted by Crippen LogP contribution is -2.44. The topological polar surface area (TPSA) is 40.5 Å². The van der Waals surface area contributed by atoms with Crippen LogP contribution in [-0.4, -0.2) is 22.4 Å². The van der Waals surface area contributed by atoms with Gasteiger partial charge in [0.1, 0.15) is 0 Å². The SMILES string of the molecule is CCCCCCCCCCCC(C)C(C)(C1CCC(O)CC1)C1CCC(O)CC1. The molecule has 0 aromatic heterocycles. The molecule has 0 spiro atoms. The first-order valence-corrected chi connectivity index (χ1v) is 13.3. The molecule has 2 nitrogen and oxygen atoms in total. The lowest BCUT2D eigenvalue weighted by atomic mass is 9.54. The molecular formula is C27H52O2. The van der Waals surface area contributed by atoms with Crippen LogP contribution in [0.3, 0.4) is 0 Å². The molecule has 2 heteroatoms. The zero-order valence-corrected chi connectivity index (χ0v) is 20.0. The molecule has 0 bridgehead atoms. The van der Waals surface area contributed by atoms with E-state index in [0.717, 1.165) is 43.4 Å². The minimum atomic E-state index is -0.0590. The Morgan fingerprint density at radius 3 is 1.45 bits per heavy atom. The zero-order chi connectivity index (χ0) is 21.1. The van der Waals surface area contributed by atoms with Gasteiger partial charge in [0.15, 0.2) is 0 Å². The van der Waals surface area contributed by atoms with E-state index in [2.05, 4.69) is 20.8 Å². The maximum absolute atomic E-state index is 10.0. The molecule has 0 aromatic rings. The summed E-state index contributed by atoms with van der Waals surface area (Å²) in [6.07, 6.45) is 22.8. The van der Waals surface area contributed by atoms with E-state index in [1.165, 1.54) is 89.9 Å². The van der Waals surface area contributed by atoms with Gasteiger partial charge in [-0.25, -0.2) is 0 Å². The van der Waals surface area contributed by atoms with Crippen LogP contribution in [0.15, 0.2) is 0 Å². The fraction of sp³-hybridized carbons (Fsp3) is 1.00.